The molecule has 0 aliphatic carbocycles. The van der Waals surface area contributed by atoms with Crippen LogP contribution < -0.4 is 10.0 Å². The van der Waals surface area contributed by atoms with Gasteiger partial charge in [0.05, 0.1) is 5.69 Å². The van der Waals surface area contributed by atoms with Crippen LogP contribution in [0.3, 0.4) is 0 Å². The summed E-state index contributed by atoms with van der Waals surface area (Å²) in [5, 5.41) is 3.09. The van der Waals surface area contributed by atoms with Gasteiger partial charge in [0, 0.05) is 22.0 Å². The molecule has 0 fully saturated rings. The number of hydrogen-bond acceptors (Lipinski definition) is 4. The highest BCUT2D eigenvalue weighted by Crippen LogP contribution is 2.21. The van der Waals surface area contributed by atoms with Gasteiger partial charge in [0.1, 0.15) is 0 Å². The van der Waals surface area contributed by atoms with E-state index in [0.29, 0.717) is 17.9 Å². The van der Waals surface area contributed by atoms with Crippen molar-refractivity contribution < 1.29 is 8.42 Å². The van der Waals surface area contributed by atoms with Crippen molar-refractivity contribution in [3.8, 4) is 0 Å². The summed E-state index contributed by atoms with van der Waals surface area (Å²) in [5.41, 5.74) is 1.03. The van der Waals surface area contributed by atoms with Gasteiger partial charge in [-0.3, -0.25) is 4.72 Å². The van der Waals surface area contributed by atoms with E-state index < -0.39 is 10.0 Å². The van der Waals surface area contributed by atoms with Gasteiger partial charge in [-0.25, -0.2) is 4.98 Å². The Morgan fingerprint density at radius 1 is 1.19 bits per heavy atom. The predicted octanol–water partition coefficient (Wildman–Crippen LogP) is 3.31. The Morgan fingerprint density at radius 3 is 2.57 bits per heavy atom. The lowest BCUT2D eigenvalue weighted by molar-refractivity contribution is 0.598. The smallest absolute Gasteiger partial charge is 0.281 e. The average Bonchev–Trinajstić information content (AvgIpc) is 2.47. The lowest BCUT2D eigenvalue weighted by Crippen LogP contribution is -2.17. The second-order valence-corrected chi connectivity index (χ2v) is 7.24. The molecular weight excluding hydrogens is 401 g/mol. The molecular formula is C14H16IN3O2S. The Balaban J connectivity index is 2.29. The summed E-state index contributed by atoms with van der Waals surface area (Å²) in [4.78, 5) is 4.00. The molecule has 0 unspecified atom stereocenters. The molecule has 1 aromatic carbocycles. The third-order valence-electron chi connectivity index (χ3n) is 2.69. The molecule has 0 atom stereocenters. The highest BCUT2D eigenvalue weighted by Gasteiger charge is 2.20. The Hall–Kier alpha value is -1.35. The third kappa shape index (κ3) is 4.31. The van der Waals surface area contributed by atoms with E-state index in [9.17, 15) is 8.42 Å². The summed E-state index contributed by atoms with van der Waals surface area (Å²) in [6, 6.07) is 10.6. The molecule has 1 heterocycles. The SMILES string of the molecule is CCCNc1cccnc1S(=O)(=O)Nc1ccc(I)cc1. The molecule has 21 heavy (non-hydrogen) atoms. The van der Waals surface area contributed by atoms with Crippen LogP contribution in [0.15, 0.2) is 47.6 Å². The van der Waals surface area contributed by atoms with Gasteiger partial charge in [-0.05, 0) is 65.4 Å². The summed E-state index contributed by atoms with van der Waals surface area (Å²) >= 11 is 2.17. The Bertz CT molecular complexity index is 702. The minimum atomic E-state index is -3.71. The number of anilines is 2. The summed E-state index contributed by atoms with van der Waals surface area (Å²) in [6.07, 6.45) is 2.37. The number of halogens is 1. The van der Waals surface area contributed by atoms with E-state index in [-0.39, 0.29) is 5.03 Å². The summed E-state index contributed by atoms with van der Waals surface area (Å²) < 4.78 is 28.5. The van der Waals surface area contributed by atoms with Crippen LogP contribution in [-0.4, -0.2) is 19.9 Å². The first-order valence-corrected chi connectivity index (χ1v) is 9.06. The molecule has 7 heteroatoms. The fourth-order valence-electron chi connectivity index (χ4n) is 1.72. The average molecular weight is 417 g/mol. The second kappa shape index (κ2) is 7.08. The summed E-state index contributed by atoms with van der Waals surface area (Å²) in [5.74, 6) is 0. The molecule has 1 aromatic heterocycles. The van der Waals surface area contributed by atoms with Crippen molar-refractivity contribution >= 4 is 44.0 Å². The third-order valence-corrected chi connectivity index (χ3v) is 4.75. The van der Waals surface area contributed by atoms with Crippen molar-refractivity contribution in [3.63, 3.8) is 0 Å². The first kappa shape index (κ1) is 16.0. The van der Waals surface area contributed by atoms with E-state index in [2.05, 4.69) is 37.6 Å². The van der Waals surface area contributed by atoms with Crippen LogP contribution in [-0.2, 0) is 10.0 Å². The maximum Gasteiger partial charge on any atom is 0.281 e. The van der Waals surface area contributed by atoms with Gasteiger partial charge in [0.2, 0.25) is 0 Å². The van der Waals surface area contributed by atoms with E-state index >= 15 is 0 Å². The van der Waals surface area contributed by atoms with Crippen LogP contribution in [0.1, 0.15) is 13.3 Å². The van der Waals surface area contributed by atoms with E-state index in [4.69, 9.17) is 0 Å². The quantitative estimate of drug-likeness (QED) is 0.708. The van der Waals surface area contributed by atoms with Crippen LogP contribution in [0.25, 0.3) is 0 Å². The predicted molar refractivity (Wildman–Crippen MR) is 93.0 cm³/mol. The zero-order valence-corrected chi connectivity index (χ0v) is 14.5. The van der Waals surface area contributed by atoms with Crippen LogP contribution in [0.5, 0.6) is 0 Å². The minimum Gasteiger partial charge on any atom is -0.383 e. The molecule has 0 saturated heterocycles. The summed E-state index contributed by atoms with van der Waals surface area (Å²) in [6.45, 7) is 2.71. The lowest BCUT2D eigenvalue weighted by Gasteiger charge is -2.12. The number of hydrogen-bond donors (Lipinski definition) is 2. The maximum absolute atomic E-state index is 12.5. The zero-order valence-electron chi connectivity index (χ0n) is 11.5. The van der Waals surface area contributed by atoms with Crippen molar-refractivity contribution in [3.05, 3.63) is 46.2 Å². The first-order chi connectivity index (χ1) is 10.0. The number of benzene rings is 1. The molecule has 0 radical (unpaired) electrons. The number of pyridine rings is 1. The van der Waals surface area contributed by atoms with Crippen LogP contribution in [0, 0.1) is 3.57 Å². The van der Waals surface area contributed by atoms with Gasteiger partial charge in [-0.2, -0.15) is 8.42 Å². The van der Waals surface area contributed by atoms with Crippen molar-refractivity contribution in [2.24, 2.45) is 0 Å². The van der Waals surface area contributed by atoms with Gasteiger partial charge in [-0.1, -0.05) is 6.92 Å². The van der Waals surface area contributed by atoms with Crippen molar-refractivity contribution in [2.75, 3.05) is 16.6 Å². The number of nitrogens with one attached hydrogen (secondary N) is 2. The lowest BCUT2D eigenvalue weighted by atomic mass is 10.3. The molecule has 0 aliphatic rings. The molecule has 112 valence electrons. The van der Waals surface area contributed by atoms with E-state index in [1.165, 1.54) is 6.20 Å². The van der Waals surface area contributed by atoms with Crippen LogP contribution >= 0.6 is 22.6 Å². The van der Waals surface area contributed by atoms with Gasteiger partial charge in [0.15, 0.2) is 5.03 Å². The summed E-state index contributed by atoms with van der Waals surface area (Å²) in [7, 11) is -3.71. The first-order valence-electron chi connectivity index (χ1n) is 6.50. The van der Waals surface area contributed by atoms with Gasteiger partial charge in [-0.15, -0.1) is 0 Å². The van der Waals surface area contributed by atoms with Crippen molar-refractivity contribution in [2.45, 2.75) is 18.4 Å². The number of rotatable bonds is 6. The fourth-order valence-corrected chi connectivity index (χ4v) is 3.25. The molecule has 2 N–H and O–H groups in total. The van der Waals surface area contributed by atoms with Gasteiger partial charge in [0.25, 0.3) is 10.0 Å². The van der Waals surface area contributed by atoms with E-state index in [1.54, 1.807) is 24.3 Å². The normalized spacial score (nSPS) is 11.1. The highest BCUT2D eigenvalue weighted by molar-refractivity contribution is 14.1. The zero-order chi connectivity index (χ0) is 15.3. The minimum absolute atomic E-state index is 0.0111. The maximum atomic E-state index is 12.5. The van der Waals surface area contributed by atoms with E-state index in [0.717, 1.165) is 9.99 Å². The molecule has 0 spiro atoms. The van der Waals surface area contributed by atoms with Crippen LogP contribution in [0.4, 0.5) is 11.4 Å². The Labute approximate surface area is 138 Å². The molecule has 0 amide bonds. The van der Waals surface area contributed by atoms with Gasteiger partial charge < -0.3 is 5.32 Å². The fraction of sp³-hybridized carbons (Fsp3) is 0.214. The van der Waals surface area contributed by atoms with Crippen molar-refractivity contribution in [1.82, 2.24) is 4.98 Å². The van der Waals surface area contributed by atoms with Crippen LogP contribution in [0.2, 0.25) is 0 Å². The molecule has 0 saturated carbocycles. The van der Waals surface area contributed by atoms with E-state index in [1.807, 2.05) is 19.1 Å². The van der Waals surface area contributed by atoms with Gasteiger partial charge >= 0.3 is 0 Å². The number of sulfonamides is 1. The molecule has 5 nitrogen and oxygen atoms in total. The standard InChI is InChI=1S/C14H16IN3O2S/c1-2-9-16-13-4-3-10-17-14(13)21(19,20)18-12-7-5-11(15)6-8-12/h3-8,10,16,18H,2,9H2,1H3. The highest BCUT2D eigenvalue weighted by atomic mass is 127. The number of nitrogens with zero attached hydrogens (tertiary/aromatic N) is 1. The Kier molecular flexibility index (Phi) is 5.40. The molecule has 0 aliphatic heterocycles. The van der Waals surface area contributed by atoms with Crippen molar-refractivity contribution in [1.29, 1.82) is 0 Å². The molecule has 0 bridgehead atoms. The monoisotopic (exact) mass is 417 g/mol. The molecule has 2 aromatic rings. The Morgan fingerprint density at radius 2 is 1.90 bits per heavy atom. The largest absolute Gasteiger partial charge is 0.383 e. The second-order valence-electron chi connectivity index (χ2n) is 4.40. The number of aromatic nitrogens is 1. The molecule has 2 rings (SSSR count). The topological polar surface area (TPSA) is 71.1 Å².